The van der Waals surface area contributed by atoms with Gasteiger partial charge in [-0.3, -0.25) is 4.79 Å². The highest BCUT2D eigenvalue weighted by atomic mass is 32.2. The van der Waals surface area contributed by atoms with Crippen molar-refractivity contribution in [2.24, 2.45) is 0 Å². The zero-order valence-electron chi connectivity index (χ0n) is 10.5. The molecule has 19 heavy (non-hydrogen) atoms. The first-order valence-corrected chi connectivity index (χ1v) is 9.04. The Hall–Kier alpha value is -0.950. The molecule has 0 spiro atoms. The van der Waals surface area contributed by atoms with E-state index in [1.165, 1.54) is 0 Å². The minimum absolute atomic E-state index is 0.244. The molecular weight excluding hydrogens is 284 g/mol. The fourth-order valence-electron chi connectivity index (χ4n) is 2.43. The Morgan fingerprint density at radius 1 is 1.42 bits per heavy atom. The third-order valence-electron chi connectivity index (χ3n) is 3.70. The number of amides is 1. The summed E-state index contributed by atoms with van der Waals surface area (Å²) in [6.07, 6.45) is 4.08. The summed E-state index contributed by atoms with van der Waals surface area (Å²) in [5.74, 6) is -0.291. The van der Waals surface area contributed by atoms with Crippen LogP contribution in [-0.2, 0) is 14.6 Å². The van der Waals surface area contributed by atoms with Gasteiger partial charge in [0.15, 0.2) is 9.84 Å². The van der Waals surface area contributed by atoms with Crippen LogP contribution in [-0.4, -0.2) is 48.3 Å². The number of rotatable bonds is 4. The first-order chi connectivity index (χ1) is 9.06. The summed E-state index contributed by atoms with van der Waals surface area (Å²) < 4.78 is 23.6. The Morgan fingerprint density at radius 2 is 2.21 bits per heavy atom. The Kier molecular flexibility index (Phi) is 3.34. The molecule has 1 saturated carbocycles. The molecule has 0 bridgehead atoms. The molecule has 2 aliphatic rings. The molecule has 3 rings (SSSR count). The standard InChI is InChI=1S/C12H16N2O3S2/c15-11(8-19(16,17)10-1-2-10)14-5-3-9(7-14)12-13-4-6-18-12/h4,6,9-10H,1-3,5,7-8H2. The molecule has 2 heterocycles. The highest BCUT2D eigenvalue weighted by Crippen LogP contribution is 2.31. The first-order valence-electron chi connectivity index (χ1n) is 6.45. The van der Waals surface area contributed by atoms with Crippen LogP contribution in [0.5, 0.6) is 0 Å². The van der Waals surface area contributed by atoms with Crippen molar-refractivity contribution in [1.29, 1.82) is 0 Å². The summed E-state index contributed by atoms with van der Waals surface area (Å²) >= 11 is 1.59. The first kappa shape index (κ1) is 13.1. The Balaban J connectivity index is 1.60. The molecule has 0 N–H and O–H groups in total. The number of carbonyl (C=O) groups excluding carboxylic acids is 1. The quantitative estimate of drug-likeness (QED) is 0.833. The van der Waals surface area contributed by atoms with Gasteiger partial charge in [0.05, 0.1) is 10.3 Å². The second-order valence-corrected chi connectivity index (χ2v) is 8.41. The number of hydrogen-bond donors (Lipinski definition) is 0. The van der Waals surface area contributed by atoms with Gasteiger partial charge in [-0.2, -0.15) is 0 Å². The predicted molar refractivity (Wildman–Crippen MR) is 72.9 cm³/mol. The molecule has 104 valence electrons. The molecule has 1 aromatic rings. The summed E-state index contributed by atoms with van der Waals surface area (Å²) in [4.78, 5) is 18.0. The van der Waals surface area contributed by atoms with Gasteiger partial charge in [0, 0.05) is 30.6 Å². The van der Waals surface area contributed by atoms with Gasteiger partial charge in [-0.25, -0.2) is 13.4 Å². The Morgan fingerprint density at radius 3 is 2.84 bits per heavy atom. The molecule has 5 nitrogen and oxygen atoms in total. The smallest absolute Gasteiger partial charge is 0.237 e. The Bertz CT molecular complexity index is 564. The zero-order valence-corrected chi connectivity index (χ0v) is 12.1. The maximum atomic E-state index is 12.0. The van der Waals surface area contributed by atoms with Gasteiger partial charge in [-0.15, -0.1) is 11.3 Å². The lowest BCUT2D eigenvalue weighted by Crippen LogP contribution is -2.34. The second kappa shape index (κ2) is 4.86. The van der Waals surface area contributed by atoms with Gasteiger partial charge in [0.1, 0.15) is 5.75 Å². The topological polar surface area (TPSA) is 67.3 Å². The lowest BCUT2D eigenvalue weighted by Gasteiger charge is -2.16. The van der Waals surface area contributed by atoms with Crippen LogP contribution in [0.15, 0.2) is 11.6 Å². The number of sulfone groups is 1. The van der Waals surface area contributed by atoms with Crippen molar-refractivity contribution in [1.82, 2.24) is 9.88 Å². The molecule has 1 aliphatic heterocycles. The molecule has 1 aliphatic carbocycles. The van der Waals surface area contributed by atoms with Gasteiger partial charge in [-0.1, -0.05) is 0 Å². The highest BCUT2D eigenvalue weighted by Gasteiger charge is 2.39. The molecule has 0 aromatic carbocycles. The van der Waals surface area contributed by atoms with E-state index in [1.807, 2.05) is 5.38 Å². The minimum atomic E-state index is -3.20. The summed E-state index contributed by atoms with van der Waals surface area (Å²) in [5.41, 5.74) is 0. The SMILES string of the molecule is O=C(CS(=O)(=O)C1CC1)N1CCC(c2nccs2)C1. The maximum Gasteiger partial charge on any atom is 0.237 e. The van der Waals surface area contributed by atoms with Crippen molar-refractivity contribution in [2.75, 3.05) is 18.8 Å². The lowest BCUT2D eigenvalue weighted by atomic mass is 10.1. The van der Waals surface area contributed by atoms with Gasteiger partial charge in [0.25, 0.3) is 0 Å². The monoisotopic (exact) mass is 300 g/mol. The summed E-state index contributed by atoms with van der Waals surface area (Å²) in [6, 6.07) is 0. The largest absolute Gasteiger partial charge is 0.341 e. The van der Waals surface area contributed by atoms with Crippen molar-refractivity contribution < 1.29 is 13.2 Å². The van der Waals surface area contributed by atoms with Crippen LogP contribution in [0.2, 0.25) is 0 Å². The third kappa shape index (κ3) is 2.81. The van der Waals surface area contributed by atoms with Crippen molar-refractivity contribution in [2.45, 2.75) is 30.4 Å². The van der Waals surface area contributed by atoms with Crippen molar-refractivity contribution in [3.8, 4) is 0 Å². The average molecular weight is 300 g/mol. The van der Waals surface area contributed by atoms with Gasteiger partial charge >= 0.3 is 0 Å². The molecular formula is C12H16N2O3S2. The fraction of sp³-hybridized carbons (Fsp3) is 0.667. The van der Waals surface area contributed by atoms with Crippen LogP contribution in [0, 0.1) is 0 Å². The van der Waals surface area contributed by atoms with Crippen LogP contribution in [0.4, 0.5) is 0 Å². The molecule has 1 aromatic heterocycles. The fourth-order valence-corrected chi connectivity index (χ4v) is 4.82. The van der Waals surface area contributed by atoms with E-state index in [0.717, 1.165) is 24.3 Å². The number of nitrogens with zero attached hydrogens (tertiary/aromatic N) is 2. The van der Waals surface area contributed by atoms with E-state index in [-0.39, 0.29) is 22.8 Å². The van der Waals surface area contributed by atoms with Gasteiger partial charge in [-0.05, 0) is 19.3 Å². The highest BCUT2D eigenvalue weighted by molar-refractivity contribution is 7.93. The third-order valence-corrected chi connectivity index (χ3v) is 6.77. The maximum absolute atomic E-state index is 12.0. The molecule has 0 radical (unpaired) electrons. The van der Waals surface area contributed by atoms with E-state index >= 15 is 0 Å². The van der Waals surface area contributed by atoms with Gasteiger partial charge < -0.3 is 4.90 Å². The Labute approximate surface area is 116 Å². The number of likely N-dealkylation sites (tertiary alicyclic amines) is 1. The number of aromatic nitrogens is 1. The molecule has 7 heteroatoms. The van der Waals surface area contributed by atoms with Gasteiger partial charge in [0.2, 0.25) is 5.91 Å². The van der Waals surface area contributed by atoms with Crippen LogP contribution < -0.4 is 0 Å². The van der Waals surface area contributed by atoms with E-state index in [2.05, 4.69) is 4.98 Å². The van der Waals surface area contributed by atoms with E-state index in [4.69, 9.17) is 0 Å². The predicted octanol–water partition coefficient (Wildman–Crippen LogP) is 1.04. The zero-order chi connectivity index (χ0) is 13.5. The lowest BCUT2D eigenvalue weighted by molar-refractivity contribution is -0.127. The van der Waals surface area contributed by atoms with E-state index in [0.29, 0.717) is 13.1 Å². The summed E-state index contributed by atoms with van der Waals surface area (Å²) in [6.45, 7) is 1.25. The molecule has 1 atom stereocenters. The van der Waals surface area contributed by atoms with Crippen LogP contribution in [0.25, 0.3) is 0 Å². The van der Waals surface area contributed by atoms with Crippen LogP contribution in [0.1, 0.15) is 30.2 Å². The van der Waals surface area contributed by atoms with Crippen molar-refractivity contribution in [3.05, 3.63) is 16.6 Å². The molecule has 1 amide bonds. The number of thiazole rings is 1. The average Bonchev–Trinajstić information content (AvgIpc) is 2.91. The van der Waals surface area contributed by atoms with Crippen molar-refractivity contribution >= 4 is 27.1 Å². The molecule has 2 fully saturated rings. The van der Waals surface area contributed by atoms with E-state index in [9.17, 15) is 13.2 Å². The summed E-state index contributed by atoms with van der Waals surface area (Å²) in [7, 11) is -3.20. The number of hydrogen-bond acceptors (Lipinski definition) is 5. The number of carbonyl (C=O) groups is 1. The van der Waals surface area contributed by atoms with Crippen LogP contribution >= 0.6 is 11.3 Å². The van der Waals surface area contributed by atoms with Crippen LogP contribution in [0.3, 0.4) is 0 Å². The van der Waals surface area contributed by atoms with Crippen molar-refractivity contribution in [3.63, 3.8) is 0 Å². The molecule has 1 saturated heterocycles. The summed E-state index contributed by atoms with van der Waals surface area (Å²) in [5, 5.41) is 2.71. The normalized spacial score (nSPS) is 23.8. The van der Waals surface area contributed by atoms with E-state index < -0.39 is 9.84 Å². The minimum Gasteiger partial charge on any atom is -0.341 e. The second-order valence-electron chi connectivity index (χ2n) is 5.20. The van der Waals surface area contributed by atoms with E-state index in [1.54, 1.807) is 22.4 Å². The molecule has 1 unspecified atom stereocenters.